The van der Waals surface area contributed by atoms with E-state index in [-0.39, 0.29) is 6.10 Å². The van der Waals surface area contributed by atoms with Crippen molar-refractivity contribution in [2.24, 2.45) is 0 Å². The van der Waals surface area contributed by atoms with Crippen LogP contribution in [0.3, 0.4) is 0 Å². The van der Waals surface area contributed by atoms with E-state index in [2.05, 4.69) is 29.4 Å². The monoisotopic (exact) mass is 291 g/mol. The Morgan fingerprint density at radius 2 is 2.00 bits per heavy atom. The maximum Gasteiger partial charge on any atom is 0.147 e. The van der Waals surface area contributed by atoms with Gasteiger partial charge in [0.25, 0.3) is 0 Å². The summed E-state index contributed by atoms with van der Waals surface area (Å²) in [7, 11) is 0. The molecule has 20 heavy (non-hydrogen) atoms. The highest BCUT2D eigenvalue weighted by atomic mass is 32.1. The molecule has 2 aromatic rings. The molecule has 0 unspecified atom stereocenters. The van der Waals surface area contributed by atoms with E-state index in [1.807, 2.05) is 38.1 Å². The normalized spacial score (nSPS) is 11.3. The molecule has 4 nitrogen and oxygen atoms in total. The molecule has 1 aromatic heterocycles. The number of nitrogens with one attached hydrogen (secondary N) is 1. The number of nitrogens with zero attached hydrogens (tertiary/aromatic N) is 2. The van der Waals surface area contributed by atoms with Gasteiger partial charge in [-0.05, 0) is 26.0 Å². The predicted octanol–water partition coefficient (Wildman–Crippen LogP) is 3.49. The average molecular weight is 291 g/mol. The van der Waals surface area contributed by atoms with Crippen LogP contribution in [0.2, 0.25) is 0 Å². The van der Waals surface area contributed by atoms with E-state index >= 15 is 0 Å². The molecule has 0 atom stereocenters. The van der Waals surface area contributed by atoms with Crippen LogP contribution in [0.15, 0.2) is 24.3 Å². The topological polar surface area (TPSA) is 47.0 Å². The Morgan fingerprint density at radius 3 is 2.70 bits per heavy atom. The highest BCUT2D eigenvalue weighted by Crippen LogP contribution is 2.27. The molecule has 0 spiro atoms. The molecular formula is C15H21N3OS. The first-order chi connectivity index (χ1) is 9.54. The van der Waals surface area contributed by atoms with E-state index in [4.69, 9.17) is 4.74 Å². The summed E-state index contributed by atoms with van der Waals surface area (Å²) in [5, 5.41) is 13.8. The highest BCUT2D eigenvalue weighted by Gasteiger charge is 2.08. The van der Waals surface area contributed by atoms with Crippen molar-refractivity contribution in [3.8, 4) is 16.3 Å². The molecule has 0 radical (unpaired) electrons. The second kappa shape index (κ2) is 6.81. The number of hydrogen-bond acceptors (Lipinski definition) is 5. The predicted molar refractivity (Wildman–Crippen MR) is 83.1 cm³/mol. The van der Waals surface area contributed by atoms with Crippen LogP contribution in [0, 0.1) is 0 Å². The van der Waals surface area contributed by atoms with E-state index in [9.17, 15) is 0 Å². The number of aromatic nitrogens is 2. The smallest absolute Gasteiger partial charge is 0.147 e. The Balaban J connectivity index is 2.11. The van der Waals surface area contributed by atoms with E-state index in [0.717, 1.165) is 27.9 Å². The molecular weight excluding hydrogens is 270 g/mol. The molecule has 1 N–H and O–H groups in total. The molecule has 0 fully saturated rings. The second-order valence-electron chi connectivity index (χ2n) is 5.23. The van der Waals surface area contributed by atoms with Gasteiger partial charge in [0.05, 0.1) is 6.10 Å². The lowest BCUT2D eigenvalue weighted by atomic mass is 10.2. The highest BCUT2D eigenvalue weighted by molar-refractivity contribution is 7.14. The summed E-state index contributed by atoms with van der Waals surface area (Å²) in [5.41, 5.74) is 1.05. The lowest BCUT2D eigenvalue weighted by molar-refractivity contribution is 0.242. The minimum atomic E-state index is 0.172. The summed E-state index contributed by atoms with van der Waals surface area (Å²) < 4.78 is 5.71. The first kappa shape index (κ1) is 14.9. The Hall–Kier alpha value is -1.46. The fourth-order valence-electron chi connectivity index (χ4n) is 1.71. The first-order valence-electron chi connectivity index (χ1n) is 6.87. The van der Waals surface area contributed by atoms with Crippen LogP contribution in [-0.4, -0.2) is 22.3 Å². The quantitative estimate of drug-likeness (QED) is 0.885. The van der Waals surface area contributed by atoms with Crippen molar-refractivity contribution < 1.29 is 4.74 Å². The fraction of sp³-hybridized carbons (Fsp3) is 0.467. The van der Waals surface area contributed by atoms with Gasteiger partial charge in [0.1, 0.15) is 15.8 Å². The third-order valence-electron chi connectivity index (χ3n) is 2.58. The molecule has 0 aliphatic rings. The minimum Gasteiger partial charge on any atom is -0.491 e. The van der Waals surface area contributed by atoms with Crippen LogP contribution in [0.5, 0.6) is 5.75 Å². The zero-order valence-corrected chi connectivity index (χ0v) is 13.2. The summed E-state index contributed by atoms with van der Waals surface area (Å²) in [6.45, 7) is 9.04. The van der Waals surface area contributed by atoms with Gasteiger partial charge in [-0.25, -0.2) is 0 Å². The van der Waals surface area contributed by atoms with Crippen molar-refractivity contribution >= 4 is 11.3 Å². The van der Waals surface area contributed by atoms with Gasteiger partial charge in [-0.2, -0.15) is 0 Å². The molecule has 0 aliphatic carbocycles. The molecule has 0 saturated carbocycles. The van der Waals surface area contributed by atoms with Gasteiger partial charge < -0.3 is 10.1 Å². The summed E-state index contributed by atoms with van der Waals surface area (Å²) in [5.74, 6) is 0.870. The molecule has 5 heteroatoms. The largest absolute Gasteiger partial charge is 0.491 e. The standard InChI is InChI=1S/C15H21N3OS/c1-10(2)16-9-14-17-18-15(20-14)12-6-5-7-13(8-12)19-11(3)4/h5-8,10-11,16H,9H2,1-4H3. The maximum absolute atomic E-state index is 5.71. The van der Waals surface area contributed by atoms with Crippen molar-refractivity contribution in [2.75, 3.05) is 0 Å². The van der Waals surface area contributed by atoms with Gasteiger partial charge in [0.15, 0.2) is 0 Å². The Kier molecular flexibility index (Phi) is 5.09. The average Bonchev–Trinajstić information content (AvgIpc) is 2.84. The van der Waals surface area contributed by atoms with Gasteiger partial charge in [-0.3, -0.25) is 0 Å². The molecule has 0 bridgehead atoms. The van der Waals surface area contributed by atoms with Gasteiger partial charge in [0, 0.05) is 18.2 Å². The molecule has 2 rings (SSSR count). The second-order valence-corrected chi connectivity index (χ2v) is 6.29. The van der Waals surface area contributed by atoms with Crippen LogP contribution in [0.1, 0.15) is 32.7 Å². The number of hydrogen-bond donors (Lipinski definition) is 1. The van der Waals surface area contributed by atoms with E-state index in [0.29, 0.717) is 6.04 Å². The van der Waals surface area contributed by atoms with Crippen molar-refractivity contribution in [2.45, 2.75) is 46.4 Å². The lowest BCUT2D eigenvalue weighted by Crippen LogP contribution is -2.21. The third kappa shape index (κ3) is 4.28. The number of rotatable bonds is 6. The SMILES string of the molecule is CC(C)NCc1nnc(-c2cccc(OC(C)C)c2)s1. The van der Waals surface area contributed by atoms with Gasteiger partial charge in [-0.1, -0.05) is 37.3 Å². The summed E-state index contributed by atoms with van der Waals surface area (Å²) in [4.78, 5) is 0. The zero-order valence-electron chi connectivity index (χ0n) is 12.4. The van der Waals surface area contributed by atoms with Crippen LogP contribution < -0.4 is 10.1 Å². The van der Waals surface area contributed by atoms with Crippen LogP contribution in [0.4, 0.5) is 0 Å². The van der Waals surface area contributed by atoms with Crippen molar-refractivity contribution in [1.29, 1.82) is 0 Å². The van der Waals surface area contributed by atoms with Gasteiger partial charge in [0.2, 0.25) is 0 Å². The summed E-state index contributed by atoms with van der Waals surface area (Å²) in [6.07, 6.45) is 0.172. The van der Waals surface area contributed by atoms with E-state index in [1.54, 1.807) is 11.3 Å². The van der Waals surface area contributed by atoms with Crippen LogP contribution >= 0.6 is 11.3 Å². The maximum atomic E-state index is 5.71. The van der Waals surface area contributed by atoms with E-state index in [1.165, 1.54) is 0 Å². The molecule has 1 aromatic carbocycles. The van der Waals surface area contributed by atoms with Crippen molar-refractivity contribution in [3.05, 3.63) is 29.3 Å². The minimum absolute atomic E-state index is 0.172. The van der Waals surface area contributed by atoms with Crippen molar-refractivity contribution in [1.82, 2.24) is 15.5 Å². The molecule has 0 amide bonds. The Morgan fingerprint density at radius 1 is 1.20 bits per heavy atom. The van der Waals surface area contributed by atoms with Crippen LogP contribution in [0.25, 0.3) is 10.6 Å². The molecule has 1 heterocycles. The van der Waals surface area contributed by atoms with Gasteiger partial charge in [-0.15, -0.1) is 10.2 Å². The zero-order chi connectivity index (χ0) is 14.5. The number of ether oxygens (including phenoxy) is 1. The fourth-order valence-corrected chi connectivity index (χ4v) is 2.49. The lowest BCUT2D eigenvalue weighted by Gasteiger charge is -2.09. The summed E-state index contributed by atoms with van der Waals surface area (Å²) in [6, 6.07) is 8.45. The van der Waals surface area contributed by atoms with Crippen molar-refractivity contribution in [3.63, 3.8) is 0 Å². The molecule has 108 valence electrons. The Labute approximate surface area is 124 Å². The molecule has 0 saturated heterocycles. The van der Waals surface area contributed by atoms with Crippen LogP contribution in [-0.2, 0) is 6.54 Å². The Bertz CT molecular complexity index is 552. The molecule has 0 aliphatic heterocycles. The summed E-state index contributed by atoms with van der Waals surface area (Å²) >= 11 is 1.62. The van der Waals surface area contributed by atoms with Gasteiger partial charge >= 0.3 is 0 Å². The third-order valence-corrected chi connectivity index (χ3v) is 3.55. The number of benzene rings is 1. The van der Waals surface area contributed by atoms with E-state index < -0.39 is 0 Å². The first-order valence-corrected chi connectivity index (χ1v) is 7.69.